The first kappa shape index (κ1) is 12.0. The van der Waals surface area contributed by atoms with E-state index in [0.29, 0.717) is 12.6 Å². The summed E-state index contributed by atoms with van der Waals surface area (Å²) in [5, 5.41) is 5.74. The van der Waals surface area contributed by atoms with Crippen LogP contribution in [0.2, 0.25) is 0 Å². The maximum absolute atomic E-state index is 11.3. The zero-order chi connectivity index (χ0) is 10.5. The van der Waals surface area contributed by atoms with Crippen LogP contribution in [0.5, 0.6) is 0 Å². The quantitative estimate of drug-likeness (QED) is 0.622. The average Bonchev–Trinajstić information content (AvgIpc) is 2.00. The standard InChI is InChI=1S/C10H18N2O/c1-6-10(4,5)12-9(13)7-11-8(2)3/h1,8,11H,7H2,2-5H3,(H,12,13). The van der Waals surface area contributed by atoms with Gasteiger partial charge in [0.1, 0.15) is 0 Å². The summed E-state index contributed by atoms with van der Waals surface area (Å²) in [5.74, 6) is 2.43. The van der Waals surface area contributed by atoms with Crippen molar-refractivity contribution in [2.24, 2.45) is 0 Å². The minimum Gasteiger partial charge on any atom is -0.339 e. The fourth-order valence-electron chi connectivity index (χ4n) is 0.726. The molecule has 3 heteroatoms. The van der Waals surface area contributed by atoms with Crippen molar-refractivity contribution in [3.63, 3.8) is 0 Å². The molecule has 0 fully saturated rings. The molecule has 0 rings (SSSR count). The molecule has 0 aliphatic carbocycles. The van der Waals surface area contributed by atoms with E-state index in [9.17, 15) is 4.79 Å². The number of rotatable bonds is 4. The summed E-state index contributed by atoms with van der Waals surface area (Å²) in [4.78, 5) is 11.3. The van der Waals surface area contributed by atoms with Crippen LogP contribution in [-0.2, 0) is 4.79 Å². The van der Waals surface area contributed by atoms with Crippen LogP contribution in [0.4, 0.5) is 0 Å². The number of carbonyl (C=O) groups excluding carboxylic acids is 1. The van der Waals surface area contributed by atoms with E-state index in [2.05, 4.69) is 16.6 Å². The molecule has 0 bridgehead atoms. The maximum atomic E-state index is 11.3. The fraction of sp³-hybridized carbons (Fsp3) is 0.700. The van der Waals surface area contributed by atoms with Gasteiger partial charge in [-0.2, -0.15) is 0 Å². The third-order valence-corrected chi connectivity index (χ3v) is 1.48. The molecule has 0 aromatic carbocycles. The van der Waals surface area contributed by atoms with Gasteiger partial charge in [0.2, 0.25) is 5.91 Å². The van der Waals surface area contributed by atoms with E-state index in [0.717, 1.165) is 0 Å². The van der Waals surface area contributed by atoms with Crippen LogP contribution < -0.4 is 10.6 Å². The molecule has 74 valence electrons. The average molecular weight is 182 g/mol. The third-order valence-electron chi connectivity index (χ3n) is 1.48. The first-order valence-corrected chi connectivity index (χ1v) is 4.39. The van der Waals surface area contributed by atoms with Gasteiger partial charge in [0, 0.05) is 6.04 Å². The lowest BCUT2D eigenvalue weighted by molar-refractivity contribution is -0.121. The fourth-order valence-corrected chi connectivity index (χ4v) is 0.726. The molecule has 0 radical (unpaired) electrons. The van der Waals surface area contributed by atoms with Crippen molar-refractivity contribution in [2.75, 3.05) is 6.54 Å². The molecule has 0 aliphatic heterocycles. The Bertz CT molecular complexity index is 213. The van der Waals surface area contributed by atoms with Crippen molar-refractivity contribution in [2.45, 2.75) is 39.3 Å². The topological polar surface area (TPSA) is 41.1 Å². The van der Waals surface area contributed by atoms with Gasteiger partial charge >= 0.3 is 0 Å². The van der Waals surface area contributed by atoms with Gasteiger partial charge in [0.05, 0.1) is 12.1 Å². The summed E-state index contributed by atoms with van der Waals surface area (Å²) in [5.41, 5.74) is -0.560. The zero-order valence-corrected chi connectivity index (χ0v) is 8.77. The highest BCUT2D eigenvalue weighted by Crippen LogP contribution is 1.97. The molecule has 0 aromatic rings. The molecule has 0 atom stereocenters. The summed E-state index contributed by atoms with van der Waals surface area (Å²) >= 11 is 0. The van der Waals surface area contributed by atoms with Crippen LogP contribution in [-0.4, -0.2) is 24.0 Å². The number of terminal acetylenes is 1. The molecule has 1 amide bonds. The Labute approximate surface area is 80.3 Å². The molecule has 13 heavy (non-hydrogen) atoms. The van der Waals surface area contributed by atoms with E-state index in [4.69, 9.17) is 6.42 Å². The third kappa shape index (κ3) is 6.18. The minimum atomic E-state index is -0.560. The molecular weight excluding hydrogens is 164 g/mol. The van der Waals surface area contributed by atoms with Crippen molar-refractivity contribution < 1.29 is 4.79 Å². The van der Waals surface area contributed by atoms with E-state index < -0.39 is 5.54 Å². The molecule has 0 aromatic heterocycles. The molecule has 0 spiro atoms. The van der Waals surface area contributed by atoms with Crippen LogP contribution in [0, 0.1) is 12.3 Å². The summed E-state index contributed by atoms with van der Waals surface area (Å²) in [6, 6.07) is 0.305. The molecule has 0 heterocycles. The van der Waals surface area contributed by atoms with E-state index in [1.165, 1.54) is 0 Å². The maximum Gasteiger partial charge on any atom is 0.235 e. The number of hydrogen-bond acceptors (Lipinski definition) is 2. The van der Waals surface area contributed by atoms with Gasteiger partial charge in [-0.05, 0) is 13.8 Å². The van der Waals surface area contributed by atoms with Crippen molar-refractivity contribution in [3.8, 4) is 12.3 Å². The highest BCUT2D eigenvalue weighted by molar-refractivity contribution is 5.79. The lowest BCUT2D eigenvalue weighted by atomic mass is 10.1. The normalized spacial score (nSPS) is 11.1. The highest BCUT2D eigenvalue weighted by atomic mass is 16.2. The SMILES string of the molecule is C#CC(C)(C)NC(=O)CNC(C)C. The molecule has 3 nitrogen and oxygen atoms in total. The lowest BCUT2D eigenvalue weighted by Crippen LogP contribution is -2.46. The van der Waals surface area contributed by atoms with Gasteiger partial charge < -0.3 is 10.6 Å². The second kappa shape index (κ2) is 4.88. The first-order valence-electron chi connectivity index (χ1n) is 4.39. The number of carbonyl (C=O) groups is 1. The number of amides is 1. The predicted octanol–water partition coefficient (Wildman–Crippen LogP) is 0.512. The van der Waals surface area contributed by atoms with Gasteiger partial charge in [-0.1, -0.05) is 19.8 Å². The van der Waals surface area contributed by atoms with Crippen LogP contribution in [0.1, 0.15) is 27.7 Å². The molecular formula is C10H18N2O. The summed E-state index contributed by atoms with van der Waals surface area (Å²) in [7, 11) is 0. The molecule has 2 N–H and O–H groups in total. The second-order valence-electron chi connectivity index (χ2n) is 3.85. The molecule has 0 saturated heterocycles. The van der Waals surface area contributed by atoms with E-state index >= 15 is 0 Å². The van der Waals surface area contributed by atoms with Gasteiger partial charge in [0.15, 0.2) is 0 Å². The Kier molecular flexibility index (Phi) is 4.50. The Morgan fingerprint density at radius 1 is 1.54 bits per heavy atom. The summed E-state index contributed by atoms with van der Waals surface area (Å²) in [6.45, 7) is 7.86. The summed E-state index contributed by atoms with van der Waals surface area (Å²) in [6.07, 6.45) is 5.23. The molecule has 0 saturated carbocycles. The smallest absolute Gasteiger partial charge is 0.235 e. The van der Waals surface area contributed by atoms with Crippen LogP contribution in [0.25, 0.3) is 0 Å². The Morgan fingerprint density at radius 3 is 2.46 bits per heavy atom. The predicted molar refractivity (Wildman–Crippen MR) is 54.2 cm³/mol. The van der Waals surface area contributed by atoms with Crippen molar-refractivity contribution in [1.29, 1.82) is 0 Å². The Hall–Kier alpha value is -1.01. The summed E-state index contributed by atoms with van der Waals surface area (Å²) < 4.78 is 0. The van der Waals surface area contributed by atoms with E-state index in [1.807, 2.05) is 13.8 Å². The number of nitrogens with one attached hydrogen (secondary N) is 2. The van der Waals surface area contributed by atoms with Crippen molar-refractivity contribution in [3.05, 3.63) is 0 Å². The highest BCUT2D eigenvalue weighted by Gasteiger charge is 2.16. The monoisotopic (exact) mass is 182 g/mol. The number of hydrogen-bond donors (Lipinski definition) is 2. The van der Waals surface area contributed by atoms with Crippen LogP contribution in [0.15, 0.2) is 0 Å². The first-order chi connectivity index (χ1) is 5.87. The Balaban J connectivity index is 3.83. The molecule has 0 aliphatic rings. The van der Waals surface area contributed by atoms with Crippen LogP contribution in [0.3, 0.4) is 0 Å². The van der Waals surface area contributed by atoms with Gasteiger partial charge in [-0.3, -0.25) is 4.79 Å². The second-order valence-corrected chi connectivity index (χ2v) is 3.85. The van der Waals surface area contributed by atoms with Gasteiger partial charge in [-0.25, -0.2) is 0 Å². The van der Waals surface area contributed by atoms with E-state index in [-0.39, 0.29) is 5.91 Å². The Morgan fingerprint density at radius 2 is 2.08 bits per heavy atom. The minimum absolute atomic E-state index is 0.0725. The molecule has 0 unspecified atom stereocenters. The largest absolute Gasteiger partial charge is 0.339 e. The van der Waals surface area contributed by atoms with E-state index in [1.54, 1.807) is 13.8 Å². The van der Waals surface area contributed by atoms with Crippen LogP contribution >= 0.6 is 0 Å². The van der Waals surface area contributed by atoms with Gasteiger partial charge in [-0.15, -0.1) is 6.42 Å². The van der Waals surface area contributed by atoms with Crippen molar-refractivity contribution >= 4 is 5.91 Å². The zero-order valence-electron chi connectivity index (χ0n) is 8.77. The van der Waals surface area contributed by atoms with Crippen molar-refractivity contribution in [1.82, 2.24) is 10.6 Å². The lowest BCUT2D eigenvalue weighted by Gasteiger charge is -2.20. The van der Waals surface area contributed by atoms with Gasteiger partial charge in [0.25, 0.3) is 0 Å².